The summed E-state index contributed by atoms with van der Waals surface area (Å²) in [6.45, 7) is 0. The summed E-state index contributed by atoms with van der Waals surface area (Å²) in [5.41, 5.74) is 3.82. The second-order valence-electron chi connectivity index (χ2n) is 5.89. The summed E-state index contributed by atoms with van der Waals surface area (Å²) in [5.74, 6) is 0.381. The highest BCUT2D eigenvalue weighted by Gasteiger charge is 2.18. The van der Waals surface area contributed by atoms with E-state index in [1.807, 2.05) is 36.4 Å². The van der Waals surface area contributed by atoms with Crippen LogP contribution in [0.4, 0.5) is 5.82 Å². The zero-order valence-corrected chi connectivity index (χ0v) is 17.1. The van der Waals surface area contributed by atoms with E-state index in [2.05, 4.69) is 37.4 Å². The number of halogens is 1. The van der Waals surface area contributed by atoms with Gasteiger partial charge in [0.05, 0.1) is 11.7 Å². The second-order valence-corrected chi connectivity index (χ2v) is 8.34. The molecule has 0 aliphatic rings. The Morgan fingerprint density at radius 1 is 1.00 bits per heavy atom. The van der Waals surface area contributed by atoms with Crippen LogP contribution in [-0.4, -0.2) is 23.0 Å². The van der Waals surface area contributed by atoms with Gasteiger partial charge in [0.1, 0.15) is 10.7 Å². The van der Waals surface area contributed by atoms with E-state index in [-0.39, 0.29) is 4.90 Å². The van der Waals surface area contributed by atoms with Crippen LogP contribution in [0.15, 0.2) is 78.1 Å². The Morgan fingerprint density at radius 3 is 2.52 bits per heavy atom. The monoisotopic (exact) mass is 490 g/mol. The molecule has 0 saturated carbocycles. The highest BCUT2D eigenvalue weighted by Crippen LogP contribution is 2.28. The van der Waals surface area contributed by atoms with Crippen molar-refractivity contribution in [2.75, 3.05) is 4.72 Å². The third-order valence-corrected chi connectivity index (χ3v) is 6.30. The normalized spacial score (nSPS) is 11.6. The van der Waals surface area contributed by atoms with Crippen molar-refractivity contribution in [3.05, 3.63) is 78.8 Å². The minimum Gasteiger partial charge on any atom is -0.263 e. The molecule has 3 heterocycles. The second kappa shape index (κ2) is 7.28. The molecule has 0 saturated heterocycles. The minimum atomic E-state index is -3.78. The van der Waals surface area contributed by atoms with Gasteiger partial charge in [0.15, 0.2) is 0 Å². The summed E-state index contributed by atoms with van der Waals surface area (Å²) >= 11 is 2.27. The van der Waals surface area contributed by atoms with Gasteiger partial charge in [-0.05, 0) is 35.4 Å². The molecule has 0 radical (unpaired) electrons. The first-order valence-corrected chi connectivity index (χ1v) is 11.1. The lowest BCUT2D eigenvalue weighted by molar-refractivity contribution is 0.600. The molecular weight excluding hydrogens is 475 g/mol. The van der Waals surface area contributed by atoms with E-state index in [9.17, 15) is 8.42 Å². The van der Waals surface area contributed by atoms with Gasteiger partial charge in [-0.3, -0.25) is 9.71 Å². The number of fused-ring (bicyclic) bond motifs is 1. The molecular formula is C19H15IN4O2S. The molecule has 8 heteroatoms. The van der Waals surface area contributed by atoms with E-state index in [1.165, 1.54) is 18.5 Å². The first-order valence-electron chi connectivity index (χ1n) is 8.13. The van der Waals surface area contributed by atoms with Crippen molar-refractivity contribution >= 4 is 43.9 Å². The SMILES string of the molecule is O=S(=O)(Nc1cc(-c2ccccc2)cc2c(CI)cnn12)c1cccnc1. The summed E-state index contributed by atoms with van der Waals surface area (Å²) < 4.78 is 30.6. The number of aromatic nitrogens is 3. The van der Waals surface area contributed by atoms with E-state index in [4.69, 9.17) is 0 Å². The maximum Gasteiger partial charge on any atom is 0.264 e. The topological polar surface area (TPSA) is 76.4 Å². The molecule has 4 aromatic rings. The Balaban J connectivity index is 1.88. The van der Waals surface area contributed by atoms with Gasteiger partial charge in [0.2, 0.25) is 0 Å². The fourth-order valence-corrected chi connectivity index (χ4v) is 4.39. The smallest absolute Gasteiger partial charge is 0.263 e. The van der Waals surface area contributed by atoms with E-state index >= 15 is 0 Å². The maximum absolute atomic E-state index is 12.8. The number of anilines is 1. The van der Waals surface area contributed by atoms with E-state index in [0.29, 0.717) is 5.82 Å². The number of nitrogens with one attached hydrogen (secondary N) is 1. The minimum absolute atomic E-state index is 0.101. The molecule has 1 N–H and O–H groups in total. The number of pyridine rings is 2. The van der Waals surface area contributed by atoms with Crippen molar-refractivity contribution in [3.63, 3.8) is 0 Å². The highest BCUT2D eigenvalue weighted by atomic mass is 127. The van der Waals surface area contributed by atoms with Crippen LogP contribution in [0.5, 0.6) is 0 Å². The van der Waals surface area contributed by atoms with Crippen LogP contribution in [0.25, 0.3) is 16.6 Å². The quantitative estimate of drug-likeness (QED) is 0.337. The number of nitrogens with zero attached hydrogens (tertiary/aromatic N) is 3. The number of hydrogen-bond acceptors (Lipinski definition) is 4. The van der Waals surface area contributed by atoms with E-state index in [0.717, 1.165) is 26.6 Å². The lowest BCUT2D eigenvalue weighted by Crippen LogP contribution is -2.16. The van der Waals surface area contributed by atoms with Gasteiger partial charge in [-0.15, -0.1) is 0 Å². The number of rotatable bonds is 5. The first-order chi connectivity index (χ1) is 13.1. The van der Waals surface area contributed by atoms with Crippen molar-refractivity contribution in [1.82, 2.24) is 14.6 Å². The summed E-state index contributed by atoms with van der Waals surface area (Å²) in [5, 5.41) is 4.37. The van der Waals surface area contributed by atoms with Crippen molar-refractivity contribution in [2.45, 2.75) is 9.32 Å². The van der Waals surface area contributed by atoms with Crippen molar-refractivity contribution in [3.8, 4) is 11.1 Å². The van der Waals surface area contributed by atoms with Crippen LogP contribution in [0.1, 0.15) is 5.56 Å². The molecule has 4 rings (SSSR count). The van der Waals surface area contributed by atoms with Crippen LogP contribution in [-0.2, 0) is 14.5 Å². The Kier molecular flexibility index (Phi) is 4.83. The average molecular weight is 490 g/mol. The highest BCUT2D eigenvalue weighted by molar-refractivity contribution is 14.1. The van der Waals surface area contributed by atoms with Crippen LogP contribution in [0.2, 0.25) is 0 Å². The molecule has 6 nitrogen and oxygen atoms in total. The molecule has 0 bridgehead atoms. The molecule has 0 spiro atoms. The van der Waals surface area contributed by atoms with Crippen LogP contribution in [0, 0.1) is 0 Å². The maximum atomic E-state index is 12.8. The average Bonchev–Trinajstić information content (AvgIpc) is 3.12. The third-order valence-electron chi connectivity index (χ3n) is 4.13. The van der Waals surface area contributed by atoms with Gasteiger partial charge in [-0.1, -0.05) is 52.9 Å². The molecule has 0 fully saturated rings. The Labute approximate surface area is 170 Å². The summed E-state index contributed by atoms with van der Waals surface area (Å²) in [7, 11) is -3.78. The van der Waals surface area contributed by atoms with Gasteiger partial charge in [-0.25, -0.2) is 12.9 Å². The van der Waals surface area contributed by atoms with Gasteiger partial charge in [0, 0.05) is 22.4 Å². The molecule has 1 aromatic carbocycles. The number of sulfonamides is 1. The summed E-state index contributed by atoms with van der Waals surface area (Å²) in [4.78, 5) is 4.00. The van der Waals surface area contributed by atoms with Crippen molar-refractivity contribution in [1.29, 1.82) is 0 Å². The Hall–Kier alpha value is -2.46. The molecule has 0 aliphatic heterocycles. The van der Waals surface area contributed by atoms with Gasteiger partial charge >= 0.3 is 0 Å². The van der Waals surface area contributed by atoms with Gasteiger partial charge < -0.3 is 0 Å². The largest absolute Gasteiger partial charge is 0.264 e. The fourth-order valence-electron chi connectivity index (χ4n) is 2.81. The first kappa shape index (κ1) is 17.9. The van der Waals surface area contributed by atoms with Crippen molar-refractivity contribution < 1.29 is 8.42 Å². The molecule has 0 aliphatic carbocycles. The van der Waals surface area contributed by atoms with Crippen LogP contribution >= 0.6 is 22.6 Å². The Morgan fingerprint density at radius 2 is 1.81 bits per heavy atom. The molecule has 0 atom stereocenters. The van der Waals surface area contributed by atoms with E-state index < -0.39 is 10.0 Å². The van der Waals surface area contributed by atoms with Crippen LogP contribution < -0.4 is 4.72 Å². The number of alkyl halides is 1. The van der Waals surface area contributed by atoms with Gasteiger partial charge in [0.25, 0.3) is 10.0 Å². The lowest BCUT2D eigenvalue weighted by atomic mass is 10.1. The number of hydrogen-bond donors (Lipinski definition) is 1. The summed E-state index contributed by atoms with van der Waals surface area (Å²) in [6, 6.07) is 16.8. The van der Waals surface area contributed by atoms with E-state index in [1.54, 1.807) is 22.8 Å². The predicted octanol–water partition coefficient (Wildman–Crippen LogP) is 4.13. The number of benzene rings is 1. The summed E-state index contributed by atoms with van der Waals surface area (Å²) in [6.07, 6.45) is 4.62. The standard InChI is InChI=1S/C19H15IN4O2S/c20-11-16-12-22-24-18(16)9-15(14-5-2-1-3-6-14)10-19(24)23-27(25,26)17-7-4-8-21-13-17/h1-10,12-13,23H,11H2. The van der Waals surface area contributed by atoms with Crippen molar-refractivity contribution in [2.24, 2.45) is 0 Å². The molecule has 27 heavy (non-hydrogen) atoms. The molecule has 3 aromatic heterocycles. The molecule has 0 amide bonds. The molecule has 0 unspecified atom stereocenters. The third kappa shape index (κ3) is 3.54. The zero-order chi connectivity index (χ0) is 18.9. The molecule has 136 valence electrons. The fraction of sp³-hybridized carbons (Fsp3) is 0.0526. The predicted molar refractivity (Wildman–Crippen MR) is 113 cm³/mol. The Bertz CT molecular complexity index is 1190. The van der Waals surface area contributed by atoms with Gasteiger partial charge in [-0.2, -0.15) is 5.10 Å². The lowest BCUT2D eigenvalue weighted by Gasteiger charge is -2.12. The zero-order valence-electron chi connectivity index (χ0n) is 14.1. The van der Waals surface area contributed by atoms with Crippen LogP contribution in [0.3, 0.4) is 0 Å².